The predicted molar refractivity (Wildman–Crippen MR) is 82.1 cm³/mol. The van der Waals surface area contributed by atoms with E-state index in [1.807, 2.05) is 6.07 Å². The van der Waals surface area contributed by atoms with Crippen molar-refractivity contribution in [3.05, 3.63) is 17.7 Å². The van der Waals surface area contributed by atoms with Gasteiger partial charge in [-0.2, -0.15) is 0 Å². The number of aryl methyl sites for hydroxylation is 2. The van der Waals surface area contributed by atoms with E-state index in [0.29, 0.717) is 5.82 Å². The molecule has 0 aromatic carbocycles. The minimum absolute atomic E-state index is 0.520. The van der Waals surface area contributed by atoms with Crippen molar-refractivity contribution < 1.29 is 0 Å². The molecule has 21 heavy (non-hydrogen) atoms. The van der Waals surface area contributed by atoms with Crippen LogP contribution in [0, 0.1) is 0 Å². The highest BCUT2D eigenvalue weighted by atomic mass is 32.2. The highest BCUT2D eigenvalue weighted by Gasteiger charge is 2.16. The molecule has 0 unspecified atom stereocenters. The summed E-state index contributed by atoms with van der Waals surface area (Å²) in [5.41, 5.74) is 5.87. The highest BCUT2D eigenvalue weighted by Crippen LogP contribution is 2.28. The molecule has 1 aliphatic heterocycles. The highest BCUT2D eigenvalue weighted by molar-refractivity contribution is 7.99. The molecule has 0 amide bonds. The van der Waals surface area contributed by atoms with Crippen molar-refractivity contribution in [3.63, 3.8) is 0 Å². The number of nitrogens with zero attached hydrogens (tertiary/aromatic N) is 5. The molecular weight excluding hydrogens is 284 g/mol. The first-order valence-corrected chi connectivity index (χ1v) is 8.31. The van der Waals surface area contributed by atoms with Crippen LogP contribution in [0.25, 0.3) is 0 Å². The summed E-state index contributed by atoms with van der Waals surface area (Å²) in [6.07, 6.45) is 6.51. The van der Waals surface area contributed by atoms with Crippen molar-refractivity contribution in [1.82, 2.24) is 24.7 Å². The maximum Gasteiger partial charge on any atom is 0.197 e. The second kappa shape index (κ2) is 6.43. The molecule has 0 saturated heterocycles. The first-order chi connectivity index (χ1) is 10.3. The summed E-state index contributed by atoms with van der Waals surface area (Å²) in [5, 5.41) is 10.4. The zero-order chi connectivity index (χ0) is 14.7. The van der Waals surface area contributed by atoms with Crippen LogP contribution in [0.15, 0.2) is 16.2 Å². The lowest BCUT2D eigenvalue weighted by Crippen LogP contribution is -2.04. The van der Waals surface area contributed by atoms with Crippen molar-refractivity contribution in [2.24, 2.45) is 0 Å². The Morgan fingerprint density at radius 1 is 1.24 bits per heavy atom. The monoisotopic (exact) mass is 304 g/mol. The quantitative estimate of drug-likeness (QED) is 0.874. The molecule has 3 heterocycles. The van der Waals surface area contributed by atoms with E-state index in [0.717, 1.165) is 47.6 Å². The maximum absolute atomic E-state index is 5.87. The van der Waals surface area contributed by atoms with Crippen LogP contribution < -0.4 is 5.73 Å². The number of aromatic nitrogens is 5. The molecule has 1 aliphatic rings. The summed E-state index contributed by atoms with van der Waals surface area (Å²) in [6, 6.07) is 1.81. The molecule has 0 saturated carbocycles. The van der Waals surface area contributed by atoms with Crippen LogP contribution in [0.4, 0.5) is 5.82 Å². The Bertz CT molecular complexity index is 624. The molecule has 2 N–H and O–H groups in total. The van der Waals surface area contributed by atoms with Crippen molar-refractivity contribution in [3.8, 4) is 0 Å². The van der Waals surface area contributed by atoms with Gasteiger partial charge in [0.05, 0.1) is 0 Å². The van der Waals surface area contributed by atoms with E-state index in [1.54, 1.807) is 0 Å². The van der Waals surface area contributed by atoms with E-state index in [9.17, 15) is 0 Å². The van der Waals surface area contributed by atoms with Gasteiger partial charge in [-0.3, -0.25) is 0 Å². The summed E-state index contributed by atoms with van der Waals surface area (Å²) < 4.78 is 2.22. The van der Waals surface area contributed by atoms with E-state index in [1.165, 1.54) is 31.0 Å². The smallest absolute Gasteiger partial charge is 0.197 e. The van der Waals surface area contributed by atoms with E-state index in [-0.39, 0.29) is 0 Å². The molecule has 6 nitrogen and oxygen atoms in total. The van der Waals surface area contributed by atoms with Crippen LogP contribution in [0.5, 0.6) is 0 Å². The summed E-state index contributed by atoms with van der Waals surface area (Å²) in [6.45, 7) is 3.10. The molecule has 0 atom stereocenters. The molecule has 112 valence electrons. The topological polar surface area (TPSA) is 82.5 Å². The normalized spacial score (nSPS) is 14.7. The number of hydrogen-bond acceptors (Lipinski definition) is 6. The van der Waals surface area contributed by atoms with E-state index < -0.39 is 0 Å². The molecule has 7 heteroatoms. The number of nitrogen functional groups attached to an aromatic ring is 1. The average Bonchev–Trinajstić information content (AvgIpc) is 2.68. The summed E-state index contributed by atoms with van der Waals surface area (Å²) >= 11 is 1.53. The number of nitrogens with two attached hydrogens (primary N) is 1. The third-order valence-corrected chi connectivity index (χ3v) is 4.42. The number of rotatable bonds is 4. The van der Waals surface area contributed by atoms with Gasteiger partial charge in [-0.05, 0) is 31.0 Å². The Hall–Kier alpha value is -1.63. The van der Waals surface area contributed by atoms with Gasteiger partial charge in [0.15, 0.2) is 5.16 Å². The SMILES string of the molecule is CCCc1nc(N)cc(Sc2nnc3n2CCCCC3)n1. The van der Waals surface area contributed by atoms with Crippen LogP contribution in [-0.2, 0) is 19.4 Å². The Balaban J connectivity index is 1.85. The van der Waals surface area contributed by atoms with E-state index in [2.05, 4.69) is 31.7 Å². The first-order valence-electron chi connectivity index (χ1n) is 7.49. The zero-order valence-electron chi connectivity index (χ0n) is 12.2. The fraction of sp³-hybridized carbons (Fsp3) is 0.571. The lowest BCUT2D eigenvalue weighted by molar-refractivity contribution is 0.590. The molecule has 0 aliphatic carbocycles. The second-order valence-corrected chi connectivity index (χ2v) is 6.25. The predicted octanol–water partition coefficient (Wildman–Crippen LogP) is 2.48. The van der Waals surface area contributed by atoms with Gasteiger partial charge in [-0.1, -0.05) is 13.3 Å². The van der Waals surface area contributed by atoms with Crippen molar-refractivity contribution >= 4 is 17.6 Å². The van der Waals surface area contributed by atoms with Gasteiger partial charge in [0, 0.05) is 25.5 Å². The fourth-order valence-electron chi connectivity index (χ4n) is 2.51. The Morgan fingerprint density at radius 2 is 2.14 bits per heavy atom. The Kier molecular flexibility index (Phi) is 4.38. The van der Waals surface area contributed by atoms with Crippen molar-refractivity contribution in [2.45, 2.75) is 62.2 Å². The molecule has 0 spiro atoms. The third kappa shape index (κ3) is 3.34. The van der Waals surface area contributed by atoms with Crippen LogP contribution in [-0.4, -0.2) is 24.7 Å². The Labute approximate surface area is 128 Å². The minimum atomic E-state index is 0.520. The lowest BCUT2D eigenvalue weighted by atomic mass is 10.2. The van der Waals surface area contributed by atoms with Crippen LogP contribution in [0.3, 0.4) is 0 Å². The van der Waals surface area contributed by atoms with Gasteiger partial charge in [0.25, 0.3) is 0 Å². The third-order valence-electron chi connectivity index (χ3n) is 3.51. The molecule has 0 fully saturated rings. The molecular formula is C14H20N6S. The Morgan fingerprint density at radius 3 is 3.00 bits per heavy atom. The van der Waals surface area contributed by atoms with E-state index in [4.69, 9.17) is 5.73 Å². The van der Waals surface area contributed by atoms with Gasteiger partial charge in [0.1, 0.15) is 22.5 Å². The number of hydrogen-bond donors (Lipinski definition) is 1. The summed E-state index contributed by atoms with van der Waals surface area (Å²) in [4.78, 5) is 8.83. The molecule has 2 aromatic rings. The molecule has 0 radical (unpaired) electrons. The fourth-order valence-corrected chi connectivity index (χ4v) is 3.41. The van der Waals surface area contributed by atoms with Gasteiger partial charge >= 0.3 is 0 Å². The minimum Gasteiger partial charge on any atom is -0.384 e. The average molecular weight is 304 g/mol. The zero-order valence-corrected chi connectivity index (χ0v) is 13.1. The molecule has 2 aromatic heterocycles. The number of fused-ring (bicyclic) bond motifs is 1. The van der Waals surface area contributed by atoms with Crippen LogP contribution >= 0.6 is 11.8 Å². The van der Waals surface area contributed by atoms with Gasteiger partial charge < -0.3 is 10.3 Å². The van der Waals surface area contributed by atoms with E-state index >= 15 is 0 Å². The van der Waals surface area contributed by atoms with Gasteiger partial charge in [-0.25, -0.2) is 9.97 Å². The van der Waals surface area contributed by atoms with Crippen LogP contribution in [0.2, 0.25) is 0 Å². The largest absolute Gasteiger partial charge is 0.384 e. The van der Waals surface area contributed by atoms with Crippen molar-refractivity contribution in [2.75, 3.05) is 5.73 Å². The summed E-state index contributed by atoms with van der Waals surface area (Å²) in [5.74, 6) is 2.41. The maximum atomic E-state index is 5.87. The first kappa shape index (κ1) is 14.3. The van der Waals surface area contributed by atoms with Gasteiger partial charge in [-0.15, -0.1) is 10.2 Å². The standard InChI is InChI=1S/C14H20N6S/c1-2-6-11-16-10(15)9-13(17-11)21-14-19-18-12-7-4-3-5-8-20(12)14/h9H,2-8H2,1H3,(H2,15,16,17). The molecule has 3 rings (SSSR count). The van der Waals surface area contributed by atoms with Crippen molar-refractivity contribution in [1.29, 1.82) is 0 Å². The number of anilines is 1. The molecule has 0 bridgehead atoms. The summed E-state index contributed by atoms with van der Waals surface area (Å²) in [7, 11) is 0. The van der Waals surface area contributed by atoms with Crippen LogP contribution in [0.1, 0.15) is 44.3 Å². The lowest BCUT2D eigenvalue weighted by Gasteiger charge is -2.07. The van der Waals surface area contributed by atoms with Gasteiger partial charge in [0.2, 0.25) is 0 Å². The second-order valence-electron chi connectivity index (χ2n) is 5.26.